The van der Waals surface area contributed by atoms with E-state index in [-0.39, 0.29) is 34.4 Å². The maximum Gasteiger partial charge on any atom is 0.339 e. The first-order chi connectivity index (χ1) is 21.6. The zero-order valence-corrected chi connectivity index (χ0v) is 26.1. The van der Waals surface area contributed by atoms with Crippen LogP contribution in [0.4, 0.5) is 19.5 Å². The van der Waals surface area contributed by atoms with Gasteiger partial charge in [-0.2, -0.15) is 0 Å². The predicted octanol–water partition coefficient (Wildman–Crippen LogP) is 5.07. The summed E-state index contributed by atoms with van der Waals surface area (Å²) >= 11 is 7.88. The summed E-state index contributed by atoms with van der Waals surface area (Å²) in [5.41, 5.74) is 1.07. The second-order valence-corrected chi connectivity index (χ2v) is 12.8. The number of amides is 2. The standard InChI is InChI=1S/C30H28F2N4O6S3/c31-22-4-1-17(13-23(22)32)21-15-19(44-27(21)33-6-8-35-9-11-42-12-10-35)16-25-28(39)36(30(43)45-25)7-5-26(38)34-18-2-3-20(29(40)41)24(37)14-18/h1-4,13-16,33,37H,5-12H2,(H,34,38)(H,40,41)/b25-16-. The summed E-state index contributed by atoms with van der Waals surface area (Å²) in [5.74, 6) is -4.52. The van der Waals surface area contributed by atoms with Crippen LogP contribution in [0.5, 0.6) is 5.75 Å². The van der Waals surface area contributed by atoms with Gasteiger partial charge in [0.05, 0.1) is 23.1 Å². The van der Waals surface area contributed by atoms with Crippen LogP contribution in [0, 0.1) is 11.6 Å². The van der Waals surface area contributed by atoms with Gasteiger partial charge < -0.3 is 25.6 Å². The van der Waals surface area contributed by atoms with Crippen LogP contribution in [0.25, 0.3) is 17.2 Å². The zero-order valence-electron chi connectivity index (χ0n) is 23.7. The number of aromatic hydroxyl groups is 1. The Morgan fingerprint density at radius 2 is 1.84 bits per heavy atom. The van der Waals surface area contributed by atoms with E-state index in [2.05, 4.69) is 15.5 Å². The third-order valence-corrected chi connectivity index (χ3v) is 9.44. The summed E-state index contributed by atoms with van der Waals surface area (Å²) in [4.78, 5) is 41.5. The quantitative estimate of drug-likeness (QED) is 0.162. The number of morpholine rings is 1. The van der Waals surface area contributed by atoms with E-state index in [9.17, 15) is 28.3 Å². The average Bonchev–Trinajstić information content (AvgIpc) is 3.52. The number of carboxylic acid groups (broad SMARTS) is 1. The van der Waals surface area contributed by atoms with E-state index >= 15 is 0 Å². The van der Waals surface area contributed by atoms with Gasteiger partial charge in [-0.05, 0) is 42.0 Å². The van der Waals surface area contributed by atoms with Crippen molar-refractivity contribution in [2.24, 2.45) is 0 Å². The van der Waals surface area contributed by atoms with Gasteiger partial charge in [-0.25, -0.2) is 13.6 Å². The number of nitrogens with zero attached hydrogens (tertiary/aromatic N) is 2. The molecule has 0 spiro atoms. The molecule has 0 atom stereocenters. The minimum Gasteiger partial charge on any atom is -0.507 e. The van der Waals surface area contributed by atoms with Crippen molar-refractivity contribution in [1.82, 2.24) is 9.80 Å². The van der Waals surface area contributed by atoms with Gasteiger partial charge in [0.25, 0.3) is 5.91 Å². The summed E-state index contributed by atoms with van der Waals surface area (Å²) in [7, 11) is 0. The Morgan fingerprint density at radius 1 is 1.07 bits per heavy atom. The third kappa shape index (κ3) is 8.04. The molecule has 1 aromatic heterocycles. The number of rotatable bonds is 11. The molecule has 0 radical (unpaired) electrons. The SMILES string of the molecule is O=C(CCN1C(=O)/C(=C/c2cc(-c3ccc(F)c(F)c3)c(NCCN3CCOCC3)s2)SC1=S)Nc1ccc(C(=O)O)c(O)c1. The number of halogens is 2. The second-order valence-electron chi connectivity index (χ2n) is 10.1. The Bertz CT molecular complexity index is 1670. The van der Waals surface area contributed by atoms with Crippen LogP contribution in [-0.2, 0) is 14.3 Å². The van der Waals surface area contributed by atoms with Crippen LogP contribution in [0.1, 0.15) is 21.7 Å². The van der Waals surface area contributed by atoms with Gasteiger partial charge in [-0.15, -0.1) is 11.3 Å². The van der Waals surface area contributed by atoms with E-state index in [0.717, 1.165) is 54.6 Å². The van der Waals surface area contributed by atoms with Crippen molar-refractivity contribution < 1.29 is 38.1 Å². The minimum atomic E-state index is -1.30. The molecule has 2 aromatic carbocycles. The zero-order chi connectivity index (χ0) is 32.1. The first-order valence-corrected chi connectivity index (χ1v) is 15.9. The fourth-order valence-electron chi connectivity index (χ4n) is 4.69. The first-order valence-electron chi connectivity index (χ1n) is 13.8. The Kier molecular flexibility index (Phi) is 10.5. The molecule has 4 N–H and O–H groups in total. The fraction of sp³-hybridized carbons (Fsp3) is 0.267. The van der Waals surface area contributed by atoms with Crippen molar-refractivity contribution in [1.29, 1.82) is 0 Å². The molecule has 0 aliphatic carbocycles. The molecule has 0 saturated carbocycles. The highest BCUT2D eigenvalue weighted by Crippen LogP contribution is 2.40. The molecule has 45 heavy (non-hydrogen) atoms. The van der Waals surface area contributed by atoms with E-state index in [1.165, 1.54) is 34.4 Å². The lowest BCUT2D eigenvalue weighted by molar-refractivity contribution is -0.122. The monoisotopic (exact) mass is 674 g/mol. The number of carbonyl (C=O) groups is 3. The number of nitrogens with one attached hydrogen (secondary N) is 2. The summed E-state index contributed by atoms with van der Waals surface area (Å²) in [6.07, 6.45) is 1.59. The molecular weight excluding hydrogens is 647 g/mol. The number of carboxylic acids is 1. The van der Waals surface area contributed by atoms with Gasteiger partial charge in [0, 0.05) is 61.3 Å². The maximum absolute atomic E-state index is 14.1. The molecule has 0 bridgehead atoms. The van der Waals surface area contributed by atoms with Crippen molar-refractivity contribution in [2.45, 2.75) is 6.42 Å². The van der Waals surface area contributed by atoms with Gasteiger partial charge in [-0.3, -0.25) is 19.4 Å². The molecule has 2 amide bonds. The molecule has 2 aliphatic rings. The highest BCUT2D eigenvalue weighted by Gasteiger charge is 2.32. The molecule has 0 unspecified atom stereocenters. The Morgan fingerprint density at radius 3 is 2.56 bits per heavy atom. The number of anilines is 2. The lowest BCUT2D eigenvalue weighted by atomic mass is 10.1. The van der Waals surface area contributed by atoms with E-state index in [1.807, 2.05) is 0 Å². The Balaban J connectivity index is 1.26. The Hall–Kier alpha value is -3.89. The molecule has 15 heteroatoms. The molecule has 2 aliphatic heterocycles. The van der Waals surface area contributed by atoms with Crippen LogP contribution in [-0.4, -0.2) is 88.1 Å². The van der Waals surface area contributed by atoms with Crippen molar-refractivity contribution >= 4 is 74.2 Å². The highest BCUT2D eigenvalue weighted by molar-refractivity contribution is 8.26. The fourth-order valence-corrected chi connectivity index (χ4v) is 7.12. The predicted molar refractivity (Wildman–Crippen MR) is 174 cm³/mol. The topological polar surface area (TPSA) is 131 Å². The molecule has 2 fully saturated rings. The minimum absolute atomic E-state index is 0.00588. The molecule has 5 rings (SSSR count). The van der Waals surface area contributed by atoms with E-state index in [1.54, 1.807) is 12.1 Å². The maximum atomic E-state index is 14.1. The highest BCUT2D eigenvalue weighted by atomic mass is 32.2. The average molecular weight is 675 g/mol. The molecule has 10 nitrogen and oxygen atoms in total. The van der Waals surface area contributed by atoms with Crippen LogP contribution >= 0.6 is 35.3 Å². The largest absolute Gasteiger partial charge is 0.507 e. The number of thiophene rings is 1. The molecule has 3 aromatic rings. The Labute approximate surface area is 270 Å². The smallest absolute Gasteiger partial charge is 0.339 e. The lowest BCUT2D eigenvalue weighted by Gasteiger charge is -2.26. The summed E-state index contributed by atoms with van der Waals surface area (Å²) in [5, 5.41) is 25.6. The van der Waals surface area contributed by atoms with Gasteiger partial charge in [0.15, 0.2) is 11.6 Å². The van der Waals surface area contributed by atoms with Crippen LogP contribution in [0.3, 0.4) is 0 Å². The number of carbonyl (C=O) groups excluding carboxylic acids is 2. The summed E-state index contributed by atoms with van der Waals surface area (Å²) < 4.78 is 33.5. The number of thiocarbonyl (C=S) groups is 1. The second kappa shape index (κ2) is 14.5. The van der Waals surface area contributed by atoms with Gasteiger partial charge in [0.1, 0.15) is 15.6 Å². The number of thioether (sulfide) groups is 1. The van der Waals surface area contributed by atoms with Crippen molar-refractivity contribution in [3.8, 4) is 16.9 Å². The first kappa shape index (κ1) is 32.5. The van der Waals surface area contributed by atoms with Crippen molar-refractivity contribution in [3.63, 3.8) is 0 Å². The van der Waals surface area contributed by atoms with Crippen LogP contribution in [0.2, 0.25) is 0 Å². The number of benzene rings is 2. The van der Waals surface area contributed by atoms with E-state index in [0.29, 0.717) is 40.7 Å². The van der Waals surface area contributed by atoms with Crippen LogP contribution < -0.4 is 10.6 Å². The summed E-state index contributed by atoms with van der Waals surface area (Å²) in [6, 6.07) is 9.18. The number of phenols is 1. The van der Waals surface area contributed by atoms with Gasteiger partial charge in [-0.1, -0.05) is 30.0 Å². The normalized spacial score (nSPS) is 16.4. The van der Waals surface area contributed by atoms with Gasteiger partial charge >= 0.3 is 5.97 Å². The number of ether oxygens (including phenoxy) is 1. The number of aromatic carboxylic acids is 1. The van der Waals surface area contributed by atoms with Crippen molar-refractivity contribution in [2.75, 3.05) is 56.6 Å². The molecular formula is C30H28F2N4O6S3. The molecule has 3 heterocycles. The van der Waals surface area contributed by atoms with Crippen molar-refractivity contribution in [3.05, 3.63) is 69.4 Å². The van der Waals surface area contributed by atoms with E-state index < -0.39 is 29.3 Å². The van der Waals surface area contributed by atoms with Gasteiger partial charge in [0.2, 0.25) is 5.91 Å². The molecule has 2 saturated heterocycles. The third-order valence-electron chi connectivity index (χ3n) is 7.02. The molecule has 236 valence electrons. The van der Waals surface area contributed by atoms with E-state index in [4.69, 9.17) is 22.1 Å². The summed E-state index contributed by atoms with van der Waals surface area (Å²) in [6.45, 7) is 4.42. The number of hydrogen-bond acceptors (Lipinski definition) is 10. The van der Waals surface area contributed by atoms with Crippen LogP contribution in [0.15, 0.2) is 47.4 Å². The number of hydrogen-bond donors (Lipinski definition) is 4. The lowest BCUT2D eigenvalue weighted by Crippen LogP contribution is -2.38.